The van der Waals surface area contributed by atoms with Crippen LogP contribution in [0.2, 0.25) is 5.02 Å². The Morgan fingerprint density at radius 1 is 0.870 bits per heavy atom. The van der Waals surface area contributed by atoms with Crippen LogP contribution in [0, 0.1) is 20.2 Å². The van der Waals surface area contributed by atoms with E-state index in [2.05, 4.69) is 0 Å². The van der Waals surface area contributed by atoms with Crippen LogP contribution in [0.15, 0.2) is 48.5 Å². The molecule has 0 saturated carbocycles. The number of nitro groups is 2. The summed E-state index contributed by atoms with van der Waals surface area (Å²) in [6.07, 6.45) is -4.27. The fraction of sp³-hybridized carbons (Fsp3) is 0.0769. The highest BCUT2D eigenvalue weighted by molar-refractivity contribution is 6.30. The van der Waals surface area contributed by atoms with Crippen LogP contribution in [0.4, 0.5) is 24.5 Å². The summed E-state index contributed by atoms with van der Waals surface area (Å²) in [4.78, 5) is 19.0. The smallest absolute Gasteiger partial charge is 0.258 e. The van der Waals surface area contributed by atoms with Crippen LogP contribution in [0.1, 0.15) is 5.56 Å². The van der Waals surface area contributed by atoms with Crippen molar-refractivity contribution in [1.29, 1.82) is 0 Å². The first-order chi connectivity index (χ1) is 10.6. The molecule has 10 heteroatoms. The molecule has 0 saturated heterocycles. The lowest BCUT2D eigenvalue weighted by Gasteiger charge is -2.04. The third kappa shape index (κ3) is 5.91. The average Bonchev–Trinajstić information content (AvgIpc) is 2.47. The summed E-state index contributed by atoms with van der Waals surface area (Å²) in [6.45, 7) is 0. The first kappa shape index (κ1) is 18.4. The van der Waals surface area contributed by atoms with Gasteiger partial charge in [-0.3, -0.25) is 20.2 Å². The number of halogens is 4. The quantitative estimate of drug-likeness (QED) is 0.572. The number of nitro benzene ring substituents is 2. The first-order valence-corrected chi connectivity index (χ1v) is 6.20. The number of hydrogen-bond acceptors (Lipinski definition) is 4. The summed E-state index contributed by atoms with van der Waals surface area (Å²) in [6, 6.07) is 8.91. The molecule has 2 aromatic rings. The SMILES string of the molecule is FC(F)(F)c1ccc(Cl)cc1.O=[N+]([O-])c1cccc([N+](=O)[O-])c1. The van der Waals surface area contributed by atoms with Gasteiger partial charge in [-0.2, -0.15) is 13.2 Å². The Kier molecular flexibility index (Phi) is 6.02. The van der Waals surface area contributed by atoms with E-state index in [1.54, 1.807) is 0 Å². The van der Waals surface area contributed by atoms with Crippen molar-refractivity contribution in [1.82, 2.24) is 0 Å². The Labute approximate surface area is 132 Å². The molecule has 0 atom stereocenters. The van der Waals surface area contributed by atoms with Gasteiger partial charge in [-0.1, -0.05) is 11.6 Å². The van der Waals surface area contributed by atoms with Crippen LogP contribution in [-0.2, 0) is 6.18 Å². The van der Waals surface area contributed by atoms with Gasteiger partial charge in [0.05, 0.1) is 21.5 Å². The zero-order valence-corrected chi connectivity index (χ0v) is 11.9. The molecule has 0 aromatic heterocycles. The zero-order chi connectivity index (χ0) is 17.6. The molecule has 2 aromatic carbocycles. The van der Waals surface area contributed by atoms with Gasteiger partial charge in [0.25, 0.3) is 11.4 Å². The highest BCUT2D eigenvalue weighted by Gasteiger charge is 2.29. The Balaban J connectivity index is 0.000000231. The molecule has 23 heavy (non-hydrogen) atoms. The highest BCUT2D eigenvalue weighted by Crippen LogP contribution is 2.29. The molecular weight excluding hydrogens is 341 g/mol. The van der Waals surface area contributed by atoms with Crippen molar-refractivity contribution in [3.05, 3.63) is 79.3 Å². The van der Waals surface area contributed by atoms with Crippen LogP contribution in [0.5, 0.6) is 0 Å². The molecule has 0 aliphatic rings. The number of nitrogens with zero attached hydrogens (tertiary/aromatic N) is 2. The maximum absolute atomic E-state index is 11.9. The fourth-order valence-corrected chi connectivity index (χ4v) is 1.49. The topological polar surface area (TPSA) is 86.3 Å². The maximum atomic E-state index is 11.9. The molecule has 0 amide bonds. The number of benzene rings is 2. The van der Waals surface area contributed by atoms with Crippen molar-refractivity contribution in [2.75, 3.05) is 0 Å². The van der Waals surface area contributed by atoms with E-state index in [0.717, 1.165) is 18.2 Å². The van der Waals surface area contributed by atoms with Crippen LogP contribution in [0.3, 0.4) is 0 Å². The molecule has 0 spiro atoms. The minimum absolute atomic E-state index is 0.274. The van der Waals surface area contributed by atoms with E-state index in [1.807, 2.05) is 0 Å². The molecule has 0 aliphatic heterocycles. The Hall–Kier alpha value is -2.68. The molecule has 0 N–H and O–H groups in total. The monoisotopic (exact) mass is 348 g/mol. The van der Waals surface area contributed by atoms with Crippen molar-refractivity contribution >= 4 is 23.0 Å². The Morgan fingerprint density at radius 2 is 1.30 bits per heavy atom. The maximum Gasteiger partial charge on any atom is 0.416 e. The van der Waals surface area contributed by atoms with Crippen molar-refractivity contribution in [3.63, 3.8) is 0 Å². The molecule has 0 radical (unpaired) electrons. The number of hydrogen-bond donors (Lipinski definition) is 0. The van der Waals surface area contributed by atoms with Gasteiger partial charge < -0.3 is 0 Å². The normalized spacial score (nSPS) is 10.4. The van der Waals surface area contributed by atoms with Gasteiger partial charge in [0.1, 0.15) is 0 Å². The van der Waals surface area contributed by atoms with E-state index in [9.17, 15) is 33.4 Å². The predicted molar refractivity (Wildman–Crippen MR) is 76.2 cm³/mol. The summed E-state index contributed by atoms with van der Waals surface area (Å²) in [5.74, 6) is 0. The van der Waals surface area contributed by atoms with Crippen LogP contribution in [0.25, 0.3) is 0 Å². The third-order valence-corrected chi connectivity index (χ3v) is 2.67. The molecule has 0 fully saturated rings. The summed E-state index contributed by atoms with van der Waals surface area (Å²) >= 11 is 5.39. The molecular formula is C13H8ClF3N2O4. The van der Waals surface area contributed by atoms with Gasteiger partial charge in [0.2, 0.25) is 0 Å². The van der Waals surface area contributed by atoms with Crippen molar-refractivity contribution in [2.45, 2.75) is 6.18 Å². The Morgan fingerprint density at radius 3 is 1.65 bits per heavy atom. The van der Waals surface area contributed by atoms with E-state index in [1.165, 1.54) is 30.3 Å². The van der Waals surface area contributed by atoms with Gasteiger partial charge in [0, 0.05) is 17.2 Å². The molecule has 122 valence electrons. The standard InChI is InChI=1S/C7H4ClF3.C6H4N2O4/c8-6-3-1-5(2-4-6)7(9,10)11;9-7(10)5-2-1-3-6(4-5)8(11)12/h1-4H;1-4H. The fourth-order valence-electron chi connectivity index (χ4n) is 1.36. The molecule has 0 heterocycles. The van der Waals surface area contributed by atoms with E-state index in [0.29, 0.717) is 5.02 Å². The number of non-ortho nitro benzene ring substituents is 2. The van der Waals surface area contributed by atoms with Crippen molar-refractivity contribution < 1.29 is 23.0 Å². The summed E-state index contributed by atoms with van der Waals surface area (Å²) in [7, 11) is 0. The van der Waals surface area contributed by atoms with Crippen LogP contribution < -0.4 is 0 Å². The minimum atomic E-state index is -4.27. The second-order valence-corrected chi connectivity index (χ2v) is 4.48. The number of rotatable bonds is 2. The lowest BCUT2D eigenvalue weighted by atomic mass is 10.2. The van der Waals surface area contributed by atoms with Gasteiger partial charge in [-0.25, -0.2) is 0 Å². The van der Waals surface area contributed by atoms with Gasteiger partial charge in [0.15, 0.2) is 0 Å². The molecule has 6 nitrogen and oxygen atoms in total. The molecule has 0 unspecified atom stereocenters. The zero-order valence-electron chi connectivity index (χ0n) is 11.2. The predicted octanol–water partition coefficient (Wildman–Crippen LogP) is 4.86. The van der Waals surface area contributed by atoms with Crippen molar-refractivity contribution in [3.8, 4) is 0 Å². The van der Waals surface area contributed by atoms with Crippen molar-refractivity contribution in [2.24, 2.45) is 0 Å². The van der Waals surface area contributed by atoms with Crippen LogP contribution >= 0.6 is 11.6 Å². The highest BCUT2D eigenvalue weighted by atomic mass is 35.5. The third-order valence-electron chi connectivity index (χ3n) is 2.42. The second kappa shape index (κ2) is 7.54. The number of alkyl halides is 3. The van der Waals surface area contributed by atoms with E-state index in [4.69, 9.17) is 11.6 Å². The van der Waals surface area contributed by atoms with Gasteiger partial charge in [-0.15, -0.1) is 0 Å². The second-order valence-electron chi connectivity index (χ2n) is 4.04. The first-order valence-electron chi connectivity index (χ1n) is 5.83. The minimum Gasteiger partial charge on any atom is -0.258 e. The Bertz CT molecular complexity index is 676. The largest absolute Gasteiger partial charge is 0.416 e. The lowest BCUT2D eigenvalue weighted by molar-refractivity contribution is -0.394. The van der Waals surface area contributed by atoms with E-state index < -0.39 is 21.6 Å². The summed E-state index contributed by atoms with van der Waals surface area (Å²) < 4.78 is 35.6. The average molecular weight is 349 g/mol. The van der Waals surface area contributed by atoms with Gasteiger partial charge >= 0.3 is 6.18 Å². The summed E-state index contributed by atoms with van der Waals surface area (Å²) in [5, 5.41) is 20.6. The molecule has 0 bridgehead atoms. The summed E-state index contributed by atoms with van der Waals surface area (Å²) in [5.41, 5.74) is -1.23. The van der Waals surface area contributed by atoms with Crippen LogP contribution in [-0.4, -0.2) is 9.85 Å². The molecule has 2 rings (SSSR count). The van der Waals surface area contributed by atoms with E-state index >= 15 is 0 Å². The lowest BCUT2D eigenvalue weighted by Crippen LogP contribution is -2.03. The van der Waals surface area contributed by atoms with E-state index in [-0.39, 0.29) is 11.4 Å². The molecule has 0 aliphatic carbocycles. The van der Waals surface area contributed by atoms with Gasteiger partial charge in [-0.05, 0) is 30.3 Å².